The minimum absolute atomic E-state index is 0.231. The Morgan fingerprint density at radius 1 is 1.35 bits per heavy atom. The highest BCUT2D eigenvalue weighted by Gasteiger charge is 2.05. The minimum Gasteiger partial charge on any atom is -0.377 e. The first-order chi connectivity index (χ1) is 9.67. The number of ether oxygens (including phenoxy) is 1. The van der Waals surface area contributed by atoms with Crippen molar-refractivity contribution >= 4 is 28.5 Å². The molecule has 0 radical (unpaired) electrons. The van der Waals surface area contributed by atoms with Crippen molar-refractivity contribution in [2.24, 2.45) is 0 Å². The van der Waals surface area contributed by atoms with Gasteiger partial charge >= 0.3 is 0 Å². The molecule has 0 aliphatic heterocycles. The third kappa shape index (κ3) is 4.25. The summed E-state index contributed by atoms with van der Waals surface area (Å²) in [6, 6.07) is 7.92. The normalized spacial score (nSPS) is 10.9. The van der Waals surface area contributed by atoms with Crippen LogP contribution in [0.2, 0.25) is 0 Å². The van der Waals surface area contributed by atoms with E-state index in [-0.39, 0.29) is 5.91 Å². The topological polar surface area (TPSA) is 64.1 Å². The average Bonchev–Trinajstić information content (AvgIpc) is 2.86. The number of aromatic nitrogens is 2. The lowest BCUT2D eigenvalue weighted by molar-refractivity contribution is -0.111. The SMILES string of the molecule is COCc1nnc(NC(=O)/C=C/c2ccc(C)cc2)s1. The Morgan fingerprint density at radius 3 is 2.80 bits per heavy atom. The van der Waals surface area contributed by atoms with E-state index in [0.29, 0.717) is 11.7 Å². The summed E-state index contributed by atoms with van der Waals surface area (Å²) < 4.78 is 4.94. The third-order valence-electron chi connectivity index (χ3n) is 2.47. The van der Waals surface area contributed by atoms with Crippen molar-refractivity contribution < 1.29 is 9.53 Å². The monoisotopic (exact) mass is 289 g/mol. The van der Waals surface area contributed by atoms with Gasteiger partial charge in [0.1, 0.15) is 11.6 Å². The number of carbonyl (C=O) groups is 1. The smallest absolute Gasteiger partial charge is 0.250 e. The van der Waals surface area contributed by atoms with E-state index in [1.54, 1.807) is 13.2 Å². The van der Waals surface area contributed by atoms with Gasteiger partial charge in [-0.05, 0) is 18.6 Å². The number of amides is 1. The largest absolute Gasteiger partial charge is 0.377 e. The lowest BCUT2D eigenvalue weighted by Crippen LogP contribution is -2.07. The lowest BCUT2D eigenvalue weighted by atomic mass is 10.1. The predicted molar refractivity (Wildman–Crippen MR) is 79.5 cm³/mol. The summed E-state index contributed by atoms with van der Waals surface area (Å²) in [5.41, 5.74) is 2.16. The van der Waals surface area contributed by atoms with E-state index >= 15 is 0 Å². The summed E-state index contributed by atoms with van der Waals surface area (Å²) in [6.07, 6.45) is 3.23. The van der Waals surface area contributed by atoms with Gasteiger partial charge in [-0.3, -0.25) is 10.1 Å². The summed E-state index contributed by atoms with van der Waals surface area (Å²) in [5, 5.41) is 11.6. The van der Waals surface area contributed by atoms with Gasteiger partial charge in [0, 0.05) is 13.2 Å². The molecule has 1 N–H and O–H groups in total. The molecule has 20 heavy (non-hydrogen) atoms. The Morgan fingerprint density at radius 2 is 2.10 bits per heavy atom. The second-order valence-electron chi connectivity index (χ2n) is 4.17. The molecule has 0 spiro atoms. The number of carbonyl (C=O) groups excluding carboxylic acids is 1. The van der Waals surface area contributed by atoms with E-state index in [9.17, 15) is 4.79 Å². The highest BCUT2D eigenvalue weighted by Crippen LogP contribution is 2.15. The maximum atomic E-state index is 11.7. The zero-order chi connectivity index (χ0) is 14.4. The number of benzene rings is 1. The van der Waals surface area contributed by atoms with Crippen LogP contribution in [-0.2, 0) is 16.1 Å². The van der Waals surface area contributed by atoms with Gasteiger partial charge in [-0.1, -0.05) is 41.2 Å². The number of hydrogen-bond acceptors (Lipinski definition) is 5. The maximum Gasteiger partial charge on any atom is 0.250 e. The number of anilines is 1. The molecule has 2 aromatic rings. The van der Waals surface area contributed by atoms with Crippen LogP contribution in [0.15, 0.2) is 30.3 Å². The van der Waals surface area contributed by atoms with Gasteiger partial charge < -0.3 is 4.74 Å². The van der Waals surface area contributed by atoms with Gasteiger partial charge in [0.05, 0.1) is 0 Å². The summed E-state index contributed by atoms with van der Waals surface area (Å²) in [6.45, 7) is 2.42. The van der Waals surface area contributed by atoms with E-state index in [2.05, 4.69) is 15.5 Å². The van der Waals surface area contributed by atoms with E-state index in [4.69, 9.17) is 4.74 Å². The minimum atomic E-state index is -0.231. The standard InChI is InChI=1S/C14H15N3O2S/c1-10-3-5-11(6-4-10)7-8-12(18)15-14-17-16-13(20-14)9-19-2/h3-8H,9H2,1-2H3,(H,15,17,18)/b8-7+. The molecule has 0 bridgehead atoms. The molecule has 0 unspecified atom stereocenters. The van der Waals surface area contributed by atoms with Crippen molar-refractivity contribution in [3.8, 4) is 0 Å². The Labute approximate surface area is 121 Å². The summed E-state index contributed by atoms with van der Waals surface area (Å²) in [5.74, 6) is -0.231. The molecule has 1 heterocycles. The van der Waals surface area contributed by atoms with Gasteiger partial charge in [0.2, 0.25) is 11.0 Å². The average molecular weight is 289 g/mol. The first kappa shape index (κ1) is 14.4. The van der Waals surface area contributed by atoms with Gasteiger partial charge in [0.25, 0.3) is 0 Å². The molecular weight excluding hydrogens is 274 g/mol. The fourth-order valence-corrected chi connectivity index (χ4v) is 2.20. The van der Waals surface area contributed by atoms with Crippen molar-refractivity contribution in [3.63, 3.8) is 0 Å². The van der Waals surface area contributed by atoms with Crippen molar-refractivity contribution in [3.05, 3.63) is 46.5 Å². The number of nitrogens with zero attached hydrogens (tertiary/aromatic N) is 2. The Bertz CT molecular complexity index is 605. The van der Waals surface area contributed by atoms with Crippen LogP contribution in [0.25, 0.3) is 6.08 Å². The molecule has 5 nitrogen and oxygen atoms in total. The molecule has 6 heteroatoms. The van der Waals surface area contributed by atoms with Crippen molar-refractivity contribution in [2.75, 3.05) is 12.4 Å². The first-order valence-corrected chi connectivity index (χ1v) is 6.86. The molecule has 2 rings (SSSR count). The Balaban J connectivity index is 1.92. The Kier molecular flexibility index (Phi) is 4.97. The fourth-order valence-electron chi connectivity index (χ4n) is 1.48. The van der Waals surface area contributed by atoms with Gasteiger partial charge in [0.15, 0.2) is 0 Å². The zero-order valence-corrected chi connectivity index (χ0v) is 12.1. The highest BCUT2D eigenvalue weighted by atomic mass is 32.1. The van der Waals surface area contributed by atoms with E-state index in [0.717, 1.165) is 10.6 Å². The van der Waals surface area contributed by atoms with Crippen LogP contribution in [0, 0.1) is 6.92 Å². The zero-order valence-electron chi connectivity index (χ0n) is 11.3. The number of hydrogen-bond donors (Lipinski definition) is 1. The van der Waals surface area contributed by atoms with E-state index < -0.39 is 0 Å². The van der Waals surface area contributed by atoms with Crippen LogP contribution < -0.4 is 5.32 Å². The quantitative estimate of drug-likeness (QED) is 0.859. The molecule has 0 saturated heterocycles. The second kappa shape index (κ2) is 6.93. The van der Waals surface area contributed by atoms with E-state index in [1.165, 1.54) is 23.0 Å². The fraction of sp³-hybridized carbons (Fsp3) is 0.214. The molecule has 104 valence electrons. The molecule has 0 fully saturated rings. The van der Waals surface area contributed by atoms with Gasteiger partial charge in [-0.2, -0.15) is 0 Å². The van der Waals surface area contributed by atoms with Crippen molar-refractivity contribution in [1.82, 2.24) is 10.2 Å². The van der Waals surface area contributed by atoms with Gasteiger partial charge in [-0.25, -0.2) is 0 Å². The summed E-state index contributed by atoms with van der Waals surface area (Å²) >= 11 is 1.30. The lowest BCUT2D eigenvalue weighted by Gasteiger charge is -1.96. The van der Waals surface area contributed by atoms with Crippen LogP contribution in [0.1, 0.15) is 16.1 Å². The molecule has 0 saturated carbocycles. The molecule has 1 aromatic heterocycles. The third-order valence-corrected chi connectivity index (χ3v) is 3.28. The van der Waals surface area contributed by atoms with Crippen molar-refractivity contribution in [2.45, 2.75) is 13.5 Å². The van der Waals surface area contributed by atoms with Crippen LogP contribution >= 0.6 is 11.3 Å². The van der Waals surface area contributed by atoms with E-state index in [1.807, 2.05) is 31.2 Å². The van der Waals surface area contributed by atoms with Crippen LogP contribution in [0.5, 0.6) is 0 Å². The molecule has 0 atom stereocenters. The predicted octanol–water partition coefficient (Wildman–Crippen LogP) is 2.64. The molecule has 1 amide bonds. The first-order valence-electron chi connectivity index (χ1n) is 6.04. The molecule has 1 aromatic carbocycles. The van der Waals surface area contributed by atoms with Crippen LogP contribution in [0.3, 0.4) is 0 Å². The molecular formula is C14H15N3O2S. The van der Waals surface area contributed by atoms with Crippen molar-refractivity contribution in [1.29, 1.82) is 0 Å². The maximum absolute atomic E-state index is 11.7. The number of nitrogens with one attached hydrogen (secondary N) is 1. The number of aryl methyl sites for hydroxylation is 1. The molecule has 0 aliphatic rings. The summed E-state index contributed by atoms with van der Waals surface area (Å²) in [4.78, 5) is 11.7. The van der Waals surface area contributed by atoms with Crippen LogP contribution in [0.4, 0.5) is 5.13 Å². The Hall–Kier alpha value is -2.05. The highest BCUT2D eigenvalue weighted by molar-refractivity contribution is 7.15. The number of rotatable bonds is 5. The second-order valence-corrected chi connectivity index (χ2v) is 5.23. The molecule has 0 aliphatic carbocycles. The van der Waals surface area contributed by atoms with Gasteiger partial charge in [-0.15, -0.1) is 10.2 Å². The number of methoxy groups -OCH3 is 1. The van der Waals surface area contributed by atoms with Crippen LogP contribution in [-0.4, -0.2) is 23.2 Å². The summed E-state index contributed by atoms with van der Waals surface area (Å²) in [7, 11) is 1.59.